The summed E-state index contributed by atoms with van der Waals surface area (Å²) < 4.78 is 5.48. The van der Waals surface area contributed by atoms with Gasteiger partial charge in [0.15, 0.2) is 0 Å². The molecule has 1 atom stereocenters. The molecule has 0 bridgehead atoms. The number of anilines is 2. The Hall–Kier alpha value is -2.22. The number of nitrogens with zero attached hydrogens (tertiary/aromatic N) is 1. The third kappa shape index (κ3) is 4.51. The first-order valence-corrected chi connectivity index (χ1v) is 6.33. The second-order valence-corrected chi connectivity index (χ2v) is 4.04. The van der Waals surface area contributed by atoms with Crippen molar-refractivity contribution in [1.82, 2.24) is 0 Å². The second kappa shape index (κ2) is 7.27. The van der Waals surface area contributed by atoms with E-state index in [1.54, 1.807) is 32.0 Å². The van der Waals surface area contributed by atoms with Gasteiger partial charge in [-0.15, -0.1) is 0 Å². The van der Waals surface area contributed by atoms with Gasteiger partial charge in [0.25, 0.3) is 0 Å². The van der Waals surface area contributed by atoms with Gasteiger partial charge in [0.1, 0.15) is 11.8 Å². The van der Waals surface area contributed by atoms with E-state index in [2.05, 4.69) is 16.7 Å². The van der Waals surface area contributed by atoms with Crippen molar-refractivity contribution >= 4 is 17.3 Å². The van der Waals surface area contributed by atoms with Crippen LogP contribution in [0.4, 0.5) is 11.4 Å². The SMILES string of the molecule is CCOc1ccc(NC(=O)CC)cc1NC(C)C#N. The summed E-state index contributed by atoms with van der Waals surface area (Å²) in [4.78, 5) is 11.4. The van der Waals surface area contributed by atoms with E-state index in [0.717, 1.165) is 0 Å². The van der Waals surface area contributed by atoms with Crippen LogP contribution in [0.1, 0.15) is 27.2 Å². The van der Waals surface area contributed by atoms with Gasteiger partial charge in [0, 0.05) is 12.1 Å². The van der Waals surface area contributed by atoms with Crippen molar-refractivity contribution in [3.05, 3.63) is 18.2 Å². The lowest BCUT2D eigenvalue weighted by atomic mass is 10.2. The van der Waals surface area contributed by atoms with Crippen molar-refractivity contribution in [1.29, 1.82) is 5.26 Å². The number of benzene rings is 1. The Morgan fingerprint density at radius 3 is 2.79 bits per heavy atom. The Morgan fingerprint density at radius 1 is 1.47 bits per heavy atom. The highest BCUT2D eigenvalue weighted by molar-refractivity contribution is 5.91. The highest BCUT2D eigenvalue weighted by Crippen LogP contribution is 2.28. The zero-order chi connectivity index (χ0) is 14.3. The first kappa shape index (κ1) is 14.8. The van der Waals surface area contributed by atoms with Crippen LogP contribution in [0.5, 0.6) is 5.75 Å². The predicted octanol–water partition coefficient (Wildman–Crippen LogP) is 2.76. The largest absolute Gasteiger partial charge is 0.492 e. The van der Waals surface area contributed by atoms with E-state index in [1.807, 2.05) is 6.92 Å². The fourth-order valence-electron chi connectivity index (χ4n) is 1.52. The average Bonchev–Trinajstić information content (AvgIpc) is 2.41. The number of ether oxygens (including phenoxy) is 1. The molecule has 1 unspecified atom stereocenters. The lowest BCUT2D eigenvalue weighted by Crippen LogP contribution is -2.14. The fraction of sp³-hybridized carbons (Fsp3) is 0.429. The first-order valence-electron chi connectivity index (χ1n) is 6.33. The topological polar surface area (TPSA) is 74.2 Å². The van der Waals surface area contributed by atoms with Crippen LogP contribution in [0.15, 0.2) is 18.2 Å². The zero-order valence-electron chi connectivity index (χ0n) is 11.5. The molecule has 1 amide bonds. The average molecular weight is 261 g/mol. The van der Waals surface area contributed by atoms with E-state index in [0.29, 0.717) is 30.2 Å². The summed E-state index contributed by atoms with van der Waals surface area (Å²) in [5.41, 5.74) is 1.38. The molecule has 0 aliphatic carbocycles. The minimum atomic E-state index is -0.337. The van der Waals surface area contributed by atoms with Crippen LogP contribution in [0.3, 0.4) is 0 Å². The standard InChI is InChI=1S/C14H19N3O2/c1-4-14(18)17-11-6-7-13(19-5-2)12(8-11)16-10(3)9-15/h6-8,10,16H,4-5H2,1-3H3,(H,17,18). The molecule has 0 radical (unpaired) electrons. The Kier molecular flexibility index (Phi) is 5.68. The number of amides is 1. The maximum absolute atomic E-state index is 11.4. The molecule has 1 rings (SSSR count). The van der Waals surface area contributed by atoms with E-state index in [9.17, 15) is 4.79 Å². The summed E-state index contributed by atoms with van der Waals surface area (Å²) in [6.07, 6.45) is 0.421. The van der Waals surface area contributed by atoms with Crippen LogP contribution in [0, 0.1) is 11.3 Å². The highest BCUT2D eigenvalue weighted by atomic mass is 16.5. The summed E-state index contributed by atoms with van der Waals surface area (Å²) in [5, 5.41) is 14.7. The molecular weight excluding hydrogens is 242 g/mol. The van der Waals surface area contributed by atoms with Gasteiger partial charge in [-0.25, -0.2) is 0 Å². The molecule has 102 valence electrons. The third-order valence-corrected chi connectivity index (χ3v) is 2.45. The number of nitrogens with one attached hydrogen (secondary N) is 2. The maximum Gasteiger partial charge on any atom is 0.224 e. The van der Waals surface area contributed by atoms with Crippen LogP contribution >= 0.6 is 0 Å². The molecule has 0 heterocycles. The maximum atomic E-state index is 11.4. The van der Waals surface area contributed by atoms with Gasteiger partial charge in [0.05, 0.1) is 18.4 Å². The van der Waals surface area contributed by atoms with Crippen molar-refractivity contribution in [2.75, 3.05) is 17.2 Å². The van der Waals surface area contributed by atoms with Crippen LogP contribution in [0.2, 0.25) is 0 Å². The molecule has 5 heteroatoms. The molecule has 0 aromatic heterocycles. The van der Waals surface area contributed by atoms with E-state index < -0.39 is 0 Å². The molecule has 1 aromatic rings. The second-order valence-electron chi connectivity index (χ2n) is 4.04. The number of nitriles is 1. The number of carbonyl (C=O) groups is 1. The van der Waals surface area contributed by atoms with Crippen LogP contribution in [-0.2, 0) is 4.79 Å². The molecule has 5 nitrogen and oxygen atoms in total. The van der Waals surface area contributed by atoms with Gasteiger partial charge in [0.2, 0.25) is 5.91 Å². The minimum absolute atomic E-state index is 0.0524. The van der Waals surface area contributed by atoms with Crippen LogP contribution in [-0.4, -0.2) is 18.6 Å². The van der Waals surface area contributed by atoms with Gasteiger partial charge in [-0.3, -0.25) is 4.79 Å². The summed E-state index contributed by atoms with van der Waals surface area (Å²) in [6.45, 7) is 5.98. The summed E-state index contributed by atoms with van der Waals surface area (Å²) in [5.74, 6) is 0.613. The summed E-state index contributed by atoms with van der Waals surface area (Å²) in [7, 11) is 0. The molecule has 0 saturated heterocycles. The van der Waals surface area contributed by atoms with E-state index in [1.165, 1.54) is 0 Å². The van der Waals surface area contributed by atoms with Gasteiger partial charge in [-0.2, -0.15) is 5.26 Å². The number of rotatable bonds is 6. The number of hydrogen-bond acceptors (Lipinski definition) is 4. The molecular formula is C14H19N3O2. The van der Waals surface area contributed by atoms with Gasteiger partial charge in [-0.05, 0) is 32.0 Å². The van der Waals surface area contributed by atoms with E-state index in [-0.39, 0.29) is 11.9 Å². The molecule has 0 aliphatic heterocycles. The minimum Gasteiger partial charge on any atom is -0.492 e. The lowest BCUT2D eigenvalue weighted by Gasteiger charge is -2.15. The normalized spacial score (nSPS) is 11.3. The summed E-state index contributed by atoms with van der Waals surface area (Å²) in [6, 6.07) is 7.09. The van der Waals surface area contributed by atoms with Gasteiger partial charge >= 0.3 is 0 Å². The quantitative estimate of drug-likeness (QED) is 0.825. The molecule has 0 spiro atoms. The van der Waals surface area contributed by atoms with Crippen molar-refractivity contribution in [2.24, 2.45) is 0 Å². The number of carbonyl (C=O) groups excluding carboxylic acids is 1. The van der Waals surface area contributed by atoms with Crippen molar-refractivity contribution < 1.29 is 9.53 Å². The Bertz CT molecular complexity index is 480. The zero-order valence-corrected chi connectivity index (χ0v) is 11.5. The predicted molar refractivity (Wildman–Crippen MR) is 75.2 cm³/mol. The highest BCUT2D eigenvalue weighted by Gasteiger charge is 2.09. The monoisotopic (exact) mass is 261 g/mol. The van der Waals surface area contributed by atoms with E-state index in [4.69, 9.17) is 10.00 Å². The van der Waals surface area contributed by atoms with Crippen molar-refractivity contribution in [3.8, 4) is 11.8 Å². The van der Waals surface area contributed by atoms with E-state index >= 15 is 0 Å². The first-order chi connectivity index (χ1) is 9.10. The Balaban J connectivity index is 2.97. The molecule has 0 fully saturated rings. The summed E-state index contributed by atoms with van der Waals surface area (Å²) >= 11 is 0. The third-order valence-electron chi connectivity index (χ3n) is 2.45. The molecule has 0 saturated carbocycles. The van der Waals surface area contributed by atoms with Gasteiger partial charge in [-0.1, -0.05) is 6.92 Å². The fourth-order valence-corrected chi connectivity index (χ4v) is 1.52. The molecule has 0 aliphatic rings. The number of hydrogen-bond donors (Lipinski definition) is 2. The Morgan fingerprint density at radius 2 is 2.21 bits per heavy atom. The molecule has 2 N–H and O–H groups in total. The van der Waals surface area contributed by atoms with Crippen molar-refractivity contribution in [3.63, 3.8) is 0 Å². The van der Waals surface area contributed by atoms with Crippen LogP contribution < -0.4 is 15.4 Å². The molecule has 1 aromatic carbocycles. The smallest absolute Gasteiger partial charge is 0.224 e. The van der Waals surface area contributed by atoms with Gasteiger partial charge < -0.3 is 15.4 Å². The lowest BCUT2D eigenvalue weighted by molar-refractivity contribution is -0.115. The van der Waals surface area contributed by atoms with Crippen LogP contribution in [0.25, 0.3) is 0 Å². The molecule has 19 heavy (non-hydrogen) atoms. The van der Waals surface area contributed by atoms with Crippen molar-refractivity contribution in [2.45, 2.75) is 33.2 Å². The Labute approximate surface area is 113 Å².